The molecule has 2 aromatic carbocycles. The Kier molecular flexibility index (Phi) is 10.3. The molecule has 2 aromatic rings. The van der Waals surface area contributed by atoms with Gasteiger partial charge in [0.25, 0.3) is 0 Å². The summed E-state index contributed by atoms with van der Waals surface area (Å²) in [7, 11) is -0.345. The lowest BCUT2D eigenvalue weighted by Crippen LogP contribution is -2.50. The van der Waals surface area contributed by atoms with Crippen molar-refractivity contribution in [1.29, 1.82) is 0 Å². The summed E-state index contributed by atoms with van der Waals surface area (Å²) in [5.41, 5.74) is 1.60. The molecule has 0 bridgehead atoms. The Hall–Kier alpha value is -1.70. The van der Waals surface area contributed by atoms with Gasteiger partial charge in [-0.25, -0.2) is 0 Å². The summed E-state index contributed by atoms with van der Waals surface area (Å²) >= 11 is 0. The average Bonchev–Trinajstić information content (AvgIpc) is 2.80. The van der Waals surface area contributed by atoms with E-state index in [4.69, 9.17) is 18.6 Å². The number of aliphatic hydroxyl groups excluding tert-OH is 1. The van der Waals surface area contributed by atoms with Gasteiger partial charge in [-0.15, -0.1) is 0 Å². The van der Waals surface area contributed by atoms with Gasteiger partial charge in [0.15, 0.2) is 8.32 Å². The summed E-state index contributed by atoms with van der Waals surface area (Å²) in [5, 5.41) is 10.3. The van der Waals surface area contributed by atoms with Crippen molar-refractivity contribution in [2.75, 3.05) is 20.3 Å². The summed E-state index contributed by atoms with van der Waals surface area (Å²) in [4.78, 5) is 0. The molecule has 34 heavy (non-hydrogen) atoms. The molecule has 0 aliphatic rings. The molecule has 2 rings (SSSR count). The van der Waals surface area contributed by atoms with Gasteiger partial charge in [0.2, 0.25) is 0 Å². The van der Waals surface area contributed by atoms with Gasteiger partial charge in [-0.2, -0.15) is 0 Å². The van der Waals surface area contributed by atoms with Gasteiger partial charge < -0.3 is 23.7 Å². The zero-order valence-corrected chi connectivity index (χ0v) is 23.3. The van der Waals surface area contributed by atoms with E-state index in [0.29, 0.717) is 19.8 Å². The van der Waals surface area contributed by atoms with E-state index >= 15 is 0 Å². The standard InChI is InChI=1S/C28H44O5Si/c1-27(2,3)34(7,8)33-20-25(31-18-22-12-10-9-11-13-22)26(28(4,5)21-29)32-19-23-14-16-24(30-6)17-15-23/h9-17,25-26,29H,18-21H2,1-8H3. The van der Waals surface area contributed by atoms with Crippen LogP contribution in [0.1, 0.15) is 45.7 Å². The van der Waals surface area contributed by atoms with Crippen LogP contribution < -0.4 is 4.74 Å². The van der Waals surface area contributed by atoms with Crippen molar-refractivity contribution in [2.24, 2.45) is 5.41 Å². The van der Waals surface area contributed by atoms with E-state index in [-0.39, 0.29) is 23.9 Å². The van der Waals surface area contributed by atoms with Crippen LogP contribution in [0.25, 0.3) is 0 Å². The van der Waals surface area contributed by atoms with Crippen molar-refractivity contribution < 1.29 is 23.7 Å². The molecule has 0 amide bonds. The van der Waals surface area contributed by atoms with Gasteiger partial charge in [0.05, 0.1) is 39.6 Å². The number of aliphatic hydroxyl groups is 1. The molecule has 0 aliphatic heterocycles. The summed E-state index contributed by atoms with van der Waals surface area (Å²) in [6.07, 6.45) is -0.706. The molecule has 190 valence electrons. The van der Waals surface area contributed by atoms with Crippen molar-refractivity contribution in [3.8, 4) is 5.75 Å². The third-order valence-electron chi connectivity index (χ3n) is 6.83. The van der Waals surface area contributed by atoms with Gasteiger partial charge in [-0.3, -0.25) is 0 Å². The molecular formula is C28H44O5Si. The fraction of sp³-hybridized carbons (Fsp3) is 0.571. The molecule has 0 radical (unpaired) electrons. The summed E-state index contributed by atoms with van der Waals surface area (Å²) in [5.74, 6) is 0.808. The average molecular weight is 489 g/mol. The number of ether oxygens (including phenoxy) is 3. The Balaban J connectivity index is 2.25. The highest BCUT2D eigenvalue weighted by atomic mass is 28.4. The molecule has 0 heterocycles. The Morgan fingerprint density at radius 3 is 1.91 bits per heavy atom. The third kappa shape index (κ3) is 8.20. The first kappa shape index (κ1) is 28.5. The van der Waals surface area contributed by atoms with Gasteiger partial charge >= 0.3 is 0 Å². The van der Waals surface area contributed by atoms with Crippen molar-refractivity contribution in [3.05, 3.63) is 65.7 Å². The zero-order chi connectivity index (χ0) is 25.4. The fourth-order valence-electron chi connectivity index (χ4n) is 3.34. The second-order valence-corrected chi connectivity index (χ2v) is 15.9. The highest BCUT2D eigenvalue weighted by molar-refractivity contribution is 6.74. The molecular weight excluding hydrogens is 444 g/mol. The molecule has 0 aromatic heterocycles. The lowest BCUT2D eigenvalue weighted by Gasteiger charge is -2.41. The molecule has 0 spiro atoms. The van der Waals surface area contributed by atoms with Crippen LogP contribution in [0.3, 0.4) is 0 Å². The van der Waals surface area contributed by atoms with Crippen LogP contribution in [0.15, 0.2) is 54.6 Å². The van der Waals surface area contributed by atoms with Crippen molar-refractivity contribution in [1.82, 2.24) is 0 Å². The molecule has 6 heteroatoms. The van der Waals surface area contributed by atoms with E-state index in [9.17, 15) is 5.11 Å². The Morgan fingerprint density at radius 2 is 1.38 bits per heavy atom. The van der Waals surface area contributed by atoms with Crippen molar-refractivity contribution >= 4 is 8.32 Å². The van der Waals surface area contributed by atoms with Gasteiger partial charge in [-0.1, -0.05) is 77.1 Å². The smallest absolute Gasteiger partial charge is 0.192 e. The topological polar surface area (TPSA) is 57.2 Å². The molecule has 1 N–H and O–H groups in total. The number of hydrogen-bond acceptors (Lipinski definition) is 5. The Bertz CT molecular complexity index is 843. The molecule has 0 fully saturated rings. The minimum atomic E-state index is -2.00. The Labute approximate surface area is 207 Å². The summed E-state index contributed by atoms with van der Waals surface area (Å²) in [6, 6.07) is 18.0. The van der Waals surface area contributed by atoms with E-state index in [1.54, 1.807) is 7.11 Å². The first-order valence-corrected chi connectivity index (χ1v) is 15.0. The minimum Gasteiger partial charge on any atom is -0.497 e. The number of hydrogen-bond donors (Lipinski definition) is 1. The second-order valence-electron chi connectivity index (χ2n) is 11.1. The molecule has 0 saturated carbocycles. The highest BCUT2D eigenvalue weighted by Gasteiger charge is 2.41. The molecule has 0 aliphatic carbocycles. The van der Waals surface area contributed by atoms with E-state index in [0.717, 1.165) is 16.9 Å². The Morgan fingerprint density at radius 1 is 0.824 bits per heavy atom. The predicted octanol–water partition coefficient (Wildman–Crippen LogP) is 6.21. The van der Waals surface area contributed by atoms with Crippen molar-refractivity contribution in [3.63, 3.8) is 0 Å². The number of benzene rings is 2. The maximum Gasteiger partial charge on any atom is 0.192 e. The SMILES string of the molecule is COc1ccc(COC(C(CO[Si](C)(C)C(C)(C)C)OCc2ccccc2)C(C)(C)CO)cc1. The lowest BCUT2D eigenvalue weighted by molar-refractivity contribution is -0.153. The van der Waals surface area contributed by atoms with Gasteiger partial charge in [0.1, 0.15) is 11.9 Å². The van der Waals surface area contributed by atoms with E-state index in [1.807, 2.05) is 56.3 Å². The van der Waals surface area contributed by atoms with Crippen LogP contribution in [0.4, 0.5) is 0 Å². The second kappa shape index (κ2) is 12.3. The minimum absolute atomic E-state index is 0.0223. The maximum atomic E-state index is 10.2. The lowest BCUT2D eigenvalue weighted by atomic mass is 9.84. The van der Waals surface area contributed by atoms with Crippen LogP contribution in [0.2, 0.25) is 18.1 Å². The molecule has 5 nitrogen and oxygen atoms in total. The quantitative estimate of drug-likeness (QED) is 0.340. The van der Waals surface area contributed by atoms with E-state index < -0.39 is 13.7 Å². The fourth-order valence-corrected chi connectivity index (χ4v) is 4.36. The first-order chi connectivity index (χ1) is 15.9. The number of rotatable bonds is 13. The highest BCUT2D eigenvalue weighted by Crippen LogP contribution is 2.37. The van der Waals surface area contributed by atoms with Crippen LogP contribution in [-0.4, -0.2) is 46.0 Å². The van der Waals surface area contributed by atoms with Crippen LogP contribution >= 0.6 is 0 Å². The summed E-state index contributed by atoms with van der Waals surface area (Å²) < 4.78 is 24.8. The van der Waals surface area contributed by atoms with Crippen LogP contribution in [0, 0.1) is 5.41 Å². The normalized spacial score (nSPS) is 14.6. The van der Waals surface area contributed by atoms with Crippen LogP contribution in [0.5, 0.6) is 5.75 Å². The largest absolute Gasteiger partial charge is 0.497 e. The van der Waals surface area contributed by atoms with Gasteiger partial charge in [0, 0.05) is 5.41 Å². The predicted molar refractivity (Wildman–Crippen MR) is 141 cm³/mol. The molecule has 2 unspecified atom stereocenters. The zero-order valence-electron chi connectivity index (χ0n) is 22.3. The first-order valence-electron chi connectivity index (χ1n) is 12.0. The monoisotopic (exact) mass is 488 g/mol. The van der Waals surface area contributed by atoms with E-state index in [2.05, 4.69) is 46.0 Å². The van der Waals surface area contributed by atoms with Crippen LogP contribution in [-0.2, 0) is 27.1 Å². The van der Waals surface area contributed by atoms with Gasteiger partial charge in [-0.05, 0) is 41.4 Å². The number of methoxy groups -OCH3 is 1. The summed E-state index contributed by atoms with van der Waals surface area (Å²) in [6.45, 7) is 16.5. The molecule has 2 atom stereocenters. The maximum absolute atomic E-state index is 10.2. The van der Waals surface area contributed by atoms with Crippen molar-refractivity contribution in [2.45, 2.75) is 78.2 Å². The molecule has 0 saturated heterocycles. The van der Waals surface area contributed by atoms with E-state index in [1.165, 1.54) is 0 Å². The third-order valence-corrected chi connectivity index (χ3v) is 11.3.